The van der Waals surface area contributed by atoms with Gasteiger partial charge in [0.05, 0.1) is 5.39 Å². The van der Waals surface area contributed by atoms with Crippen molar-refractivity contribution in [2.45, 2.75) is 4.90 Å². The summed E-state index contributed by atoms with van der Waals surface area (Å²) in [5.41, 5.74) is 0.253. The average Bonchev–Trinajstić information content (AvgIpc) is 2.26. The maximum atomic E-state index is 11.1. The van der Waals surface area contributed by atoms with E-state index in [1.165, 1.54) is 24.3 Å². The summed E-state index contributed by atoms with van der Waals surface area (Å²) in [6.07, 6.45) is 0. The molecule has 16 heavy (non-hydrogen) atoms. The molecule has 0 atom stereocenters. The second kappa shape index (κ2) is 3.56. The van der Waals surface area contributed by atoms with Crippen molar-refractivity contribution in [2.24, 2.45) is 0 Å². The molecule has 80 valence electrons. The van der Waals surface area contributed by atoms with Crippen LogP contribution in [0, 0.1) is 5.39 Å². The van der Waals surface area contributed by atoms with E-state index in [1.807, 2.05) is 0 Å². The summed E-state index contributed by atoms with van der Waals surface area (Å²) in [4.78, 5) is 2.85. The Labute approximate surface area is 91.7 Å². The summed E-state index contributed by atoms with van der Waals surface area (Å²) >= 11 is 0. The van der Waals surface area contributed by atoms with E-state index < -0.39 is 10.1 Å². The highest BCUT2D eigenvalue weighted by molar-refractivity contribution is 7.86. The van der Waals surface area contributed by atoms with Crippen molar-refractivity contribution in [3.63, 3.8) is 0 Å². The quantitative estimate of drug-likeness (QED) is 0.608. The van der Waals surface area contributed by atoms with E-state index >= 15 is 0 Å². The van der Waals surface area contributed by atoms with E-state index in [4.69, 9.17) is 9.95 Å². The molecule has 1 N–H and O–H groups in total. The van der Waals surface area contributed by atoms with Gasteiger partial charge in [0.25, 0.3) is 10.1 Å². The van der Waals surface area contributed by atoms with Crippen LogP contribution in [0.15, 0.2) is 41.3 Å². The van der Waals surface area contributed by atoms with E-state index in [0.717, 1.165) is 0 Å². The fourth-order valence-corrected chi connectivity index (χ4v) is 2.28. The van der Waals surface area contributed by atoms with Crippen molar-refractivity contribution < 1.29 is 13.0 Å². The summed E-state index contributed by atoms with van der Waals surface area (Å²) < 4.78 is 31.2. The van der Waals surface area contributed by atoms with Crippen LogP contribution in [-0.2, 0) is 10.1 Å². The predicted octanol–water partition coefficient (Wildman–Crippen LogP) is 2.57. The van der Waals surface area contributed by atoms with Crippen LogP contribution >= 0.6 is 0 Å². The van der Waals surface area contributed by atoms with Crippen molar-refractivity contribution >= 4 is 26.6 Å². The molecule has 5 nitrogen and oxygen atoms in total. The topological polar surface area (TPSA) is 82.5 Å². The summed E-state index contributed by atoms with van der Waals surface area (Å²) in [5.74, 6) is 0. The van der Waals surface area contributed by atoms with Gasteiger partial charge in [0.1, 0.15) is 4.90 Å². The molecule has 0 spiro atoms. The number of rotatable bonds is 1. The van der Waals surface area contributed by atoms with Gasteiger partial charge in [-0.25, -0.2) is 0 Å². The third kappa shape index (κ3) is 1.62. The molecule has 6 heteroatoms. The van der Waals surface area contributed by atoms with Crippen molar-refractivity contribution in [3.8, 4) is 0 Å². The van der Waals surface area contributed by atoms with Crippen LogP contribution in [-0.4, -0.2) is 13.0 Å². The number of diazo groups is 1. The van der Waals surface area contributed by atoms with Gasteiger partial charge in [0.15, 0.2) is 4.98 Å². The first-order chi connectivity index (χ1) is 7.54. The maximum Gasteiger partial charge on any atom is 0.392 e. The van der Waals surface area contributed by atoms with Crippen molar-refractivity contribution in [1.29, 1.82) is 5.39 Å². The van der Waals surface area contributed by atoms with Crippen molar-refractivity contribution in [1.82, 2.24) is 0 Å². The lowest BCUT2D eigenvalue weighted by molar-refractivity contribution is 0.484. The van der Waals surface area contributed by atoms with Gasteiger partial charge in [-0.2, -0.15) is 8.42 Å². The monoisotopic (exact) mass is 235 g/mol. The number of nitrogens with zero attached hydrogens (tertiary/aromatic N) is 2. The zero-order chi connectivity index (χ0) is 11.8. The van der Waals surface area contributed by atoms with E-state index in [9.17, 15) is 8.42 Å². The van der Waals surface area contributed by atoms with Gasteiger partial charge in [0.2, 0.25) is 5.39 Å². The molecule has 0 radical (unpaired) electrons. The van der Waals surface area contributed by atoms with E-state index in [0.29, 0.717) is 10.8 Å². The van der Waals surface area contributed by atoms with E-state index in [2.05, 4.69) is 4.98 Å². The zero-order valence-electron chi connectivity index (χ0n) is 8.03. The SMILES string of the molecule is N#[N+]c1cccc2c(S(=O)(=O)O)cccc12. The summed E-state index contributed by atoms with van der Waals surface area (Å²) in [6.45, 7) is 0. The fourth-order valence-electron chi connectivity index (χ4n) is 1.58. The summed E-state index contributed by atoms with van der Waals surface area (Å²) in [5, 5.41) is 9.52. The molecule has 0 aromatic heterocycles. The van der Waals surface area contributed by atoms with Gasteiger partial charge in [-0.15, -0.1) is 0 Å². The lowest BCUT2D eigenvalue weighted by atomic mass is 10.1. The molecule has 0 aliphatic rings. The highest BCUT2D eigenvalue weighted by Crippen LogP contribution is 2.30. The normalized spacial score (nSPS) is 11.2. The Bertz CT molecular complexity index is 702. The molecule has 0 heterocycles. The molecule has 0 amide bonds. The van der Waals surface area contributed by atoms with Crippen LogP contribution in [0.4, 0.5) is 5.69 Å². The van der Waals surface area contributed by atoms with Crippen molar-refractivity contribution in [2.75, 3.05) is 0 Å². The van der Waals surface area contributed by atoms with Gasteiger partial charge in [-0.1, -0.05) is 18.2 Å². The predicted molar refractivity (Wildman–Crippen MR) is 58.5 cm³/mol. The Morgan fingerprint density at radius 2 is 1.69 bits per heavy atom. The Morgan fingerprint density at radius 3 is 2.31 bits per heavy atom. The third-order valence-electron chi connectivity index (χ3n) is 2.24. The van der Waals surface area contributed by atoms with Crippen LogP contribution in [0.25, 0.3) is 15.7 Å². The lowest BCUT2D eigenvalue weighted by Crippen LogP contribution is -1.98. The summed E-state index contributed by atoms with van der Waals surface area (Å²) in [7, 11) is -4.28. The zero-order valence-corrected chi connectivity index (χ0v) is 8.85. The minimum Gasteiger partial charge on any atom is -0.282 e. The average molecular weight is 235 g/mol. The second-order valence-corrected chi connectivity index (χ2v) is 4.59. The second-order valence-electron chi connectivity index (χ2n) is 3.20. The van der Waals surface area contributed by atoms with Gasteiger partial charge in [-0.05, 0) is 12.1 Å². The lowest BCUT2D eigenvalue weighted by Gasteiger charge is -2.00. The smallest absolute Gasteiger partial charge is 0.282 e. The molecule has 0 fully saturated rings. The summed E-state index contributed by atoms with van der Waals surface area (Å²) in [6, 6.07) is 8.99. The number of hydrogen-bond acceptors (Lipinski definition) is 3. The van der Waals surface area contributed by atoms with Crippen LogP contribution in [0.5, 0.6) is 0 Å². The molecule has 0 saturated heterocycles. The van der Waals surface area contributed by atoms with Crippen LogP contribution in [0.2, 0.25) is 0 Å². The first kappa shape index (κ1) is 10.5. The Kier molecular flexibility index (Phi) is 2.34. The molecule has 0 aliphatic heterocycles. The van der Waals surface area contributed by atoms with Crippen LogP contribution < -0.4 is 0 Å². The largest absolute Gasteiger partial charge is 0.392 e. The van der Waals surface area contributed by atoms with Gasteiger partial charge in [-0.3, -0.25) is 4.55 Å². The Hall–Kier alpha value is -1.97. The third-order valence-corrected chi connectivity index (χ3v) is 3.16. The van der Waals surface area contributed by atoms with E-state index in [1.54, 1.807) is 12.1 Å². The Morgan fingerprint density at radius 1 is 1.06 bits per heavy atom. The molecule has 0 unspecified atom stereocenters. The molecule has 0 saturated carbocycles. The first-order valence-electron chi connectivity index (χ1n) is 4.38. The molecule has 0 bridgehead atoms. The van der Waals surface area contributed by atoms with E-state index in [-0.39, 0.29) is 10.6 Å². The van der Waals surface area contributed by atoms with Crippen LogP contribution in [0.3, 0.4) is 0 Å². The van der Waals surface area contributed by atoms with Gasteiger partial charge < -0.3 is 0 Å². The molecular formula is C10H7N2O3S+. The highest BCUT2D eigenvalue weighted by Gasteiger charge is 2.18. The van der Waals surface area contributed by atoms with Gasteiger partial charge >= 0.3 is 5.69 Å². The standard InChI is InChI=1S/C10H6N2O3S/c11-12-9-5-1-4-8-7(9)3-2-6-10(8)16(13,14)15/h1-6H/p+1. The molecule has 2 aromatic rings. The minimum atomic E-state index is -4.28. The number of benzene rings is 2. The first-order valence-corrected chi connectivity index (χ1v) is 5.82. The van der Waals surface area contributed by atoms with Crippen LogP contribution in [0.1, 0.15) is 0 Å². The minimum absolute atomic E-state index is 0.199. The van der Waals surface area contributed by atoms with Gasteiger partial charge in [0, 0.05) is 11.5 Å². The van der Waals surface area contributed by atoms with Crippen molar-refractivity contribution in [3.05, 3.63) is 41.4 Å². The molecule has 2 rings (SSSR count). The Balaban J connectivity index is 2.97. The maximum absolute atomic E-state index is 11.1. The molecule has 2 aromatic carbocycles. The highest BCUT2D eigenvalue weighted by atomic mass is 32.2. The number of fused-ring (bicyclic) bond motifs is 1. The molecular weight excluding hydrogens is 228 g/mol. The number of hydrogen-bond donors (Lipinski definition) is 1. The fraction of sp³-hybridized carbons (Fsp3) is 0. The molecule has 0 aliphatic carbocycles.